The first-order valence-corrected chi connectivity index (χ1v) is 6.95. The summed E-state index contributed by atoms with van der Waals surface area (Å²) in [6.07, 6.45) is 0. The van der Waals surface area contributed by atoms with Crippen LogP contribution in [0.25, 0.3) is 0 Å². The van der Waals surface area contributed by atoms with Crippen LogP contribution in [0.4, 0.5) is 5.69 Å². The van der Waals surface area contributed by atoms with Gasteiger partial charge in [0.25, 0.3) is 0 Å². The summed E-state index contributed by atoms with van der Waals surface area (Å²) in [5, 5.41) is 8.97. The number of nitrogens with zero attached hydrogens (tertiary/aromatic N) is 1. The standard InChI is InChI=1S/C11H16N2O3S/c1-12-17(15,16)11-5-3-2-4-10(11)13-6-9(7-13)8-14/h2-5,9,12,14H,6-8H2,1H3. The van der Waals surface area contributed by atoms with E-state index in [9.17, 15) is 8.42 Å². The Morgan fingerprint density at radius 1 is 1.41 bits per heavy atom. The molecule has 17 heavy (non-hydrogen) atoms. The van der Waals surface area contributed by atoms with Crippen LogP contribution < -0.4 is 9.62 Å². The smallest absolute Gasteiger partial charge is 0.242 e. The third-order valence-electron chi connectivity index (χ3n) is 2.98. The molecule has 1 aliphatic rings. The fourth-order valence-corrected chi connectivity index (χ4v) is 2.89. The van der Waals surface area contributed by atoms with Crippen molar-refractivity contribution in [3.8, 4) is 0 Å². The molecule has 1 aliphatic heterocycles. The van der Waals surface area contributed by atoms with Crippen molar-refractivity contribution in [1.29, 1.82) is 0 Å². The fourth-order valence-electron chi connectivity index (χ4n) is 1.94. The highest BCUT2D eigenvalue weighted by atomic mass is 32.2. The summed E-state index contributed by atoms with van der Waals surface area (Å²) < 4.78 is 26.0. The molecule has 2 N–H and O–H groups in total. The molecular weight excluding hydrogens is 240 g/mol. The summed E-state index contributed by atoms with van der Waals surface area (Å²) in [5.41, 5.74) is 0.701. The summed E-state index contributed by atoms with van der Waals surface area (Å²) in [5.74, 6) is 0.250. The van der Waals surface area contributed by atoms with E-state index in [4.69, 9.17) is 5.11 Å². The molecule has 1 fully saturated rings. The van der Waals surface area contributed by atoms with Gasteiger partial charge in [0.05, 0.1) is 5.69 Å². The Labute approximate surface area is 101 Å². The van der Waals surface area contributed by atoms with Gasteiger partial charge in [0, 0.05) is 25.6 Å². The van der Waals surface area contributed by atoms with E-state index in [-0.39, 0.29) is 12.5 Å². The number of aliphatic hydroxyl groups is 1. The van der Waals surface area contributed by atoms with Gasteiger partial charge in [0.15, 0.2) is 0 Å². The molecule has 0 aromatic heterocycles. The lowest BCUT2D eigenvalue weighted by Crippen LogP contribution is -2.49. The largest absolute Gasteiger partial charge is 0.396 e. The monoisotopic (exact) mass is 256 g/mol. The Balaban J connectivity index is 2.30. The second kappa shape index (κ2) is 4.64. The summed E-state index contributed by atoms with van der Waals surface area (Å²) in [4.78, 5) is 2.25. The van der Waals surface area contributed by atoms with Gasteiger partial charge in [-0.3, -0.25) is 0 Å². The number of nitrogens with one attached hydrogen (secondary N) is 1. The van der Waals surface area contributed by atoms with Gasteiger partial charge in [0.2, 0.25) is 10.0 Å². The highest BCUT2D eigenvalue weighted by Crippen LogP contribution is 2.30. The normalized spacial score (nSPS) is 16.9. The van der Waals surface area contributed by atoms with E-state index in [1.165, 1.54) is 7.05 Å². The number of anilines is 1. The fraction of sp³-hybridized carbons (Fsp3) is 0.455. The van der Waals surface area contributed by atoms with Crippen molar-refractivity contribution in [2.24, 2.45) is 5.92 Å². The highest BCUT2D eigenvalue weighted by molar-refractivity contribution is 7.89. The number of benzene rings is 1. The number of sulfonamides is 1. The molecule has 0 amide bonds. The van der Waals surface area contributed by atoms with Gasteiger partial charge in [-0.05, 0) is 19.2 Å². The van der Waals surface area contributed by atoms with Gasteiger partial charge in [-0.2, -0.15) is 0 Å². The lowest BCUT2D eigenvalue weighted by atomic mass is 10.0. The molecule has 1 aromatic rings. The van der Waals surface area contributed by atoms with Gasteiger partial charge < -0.3 is 10.0 Å². The maximum atomic E-state index is 11.8. The van der Waals surface area contributed by atoms with E-state index < -0.39 is 10.0 Å². The third-order valence-corrected chi connectivity index (χ3v) is 4.44. The van der Waals surface area contributed by atoms with Crippen LogP contribution >= 0.6 is 0 Å². The van der Waals surface area contributed by atoms with Crippen molar-refractivity contribution < 1.29 is 13.5 Å². The van der Waals surface area contributed by atoms with Gasteiger partial charge in [0.1, 0.15) is 4.90 Å². The Bertz CT molecular complexity index is 495. The van der Waals surface area contributed by atoms with E-state index in [1.807, 2.05) is 11.0 Å². The van der Waals surface area contributed by atoms with E-state index in [0.717, 1.165) is 0 Å². The minimum Gasteiger partial charge on any atom is -0.396 e. The topological polar surface area (TPSA) is 69.6 Å². The molecule has 0 bridgehead atoms. The third kappa shape index (κ3) is 2.29. The predicted octanol–water partition coefficient (Wildman–Crippen LogP) is 0.0232. The van der Waals surface area contributed by atoms with Crippen LogP contribution in [-0.2, 0) is 10.0 Å². The quantitative estimate of drug-likeness (QED) is 0.797. The molecule has 2 rings (SSSR count). The average molecular weight is 256 g/mol. The molecule has 1 aromatic carbocycles. The summed E-state index contributed by atoms with van der Waals surface area (Å²) in [6, 6.07) is 6.90. The maximum Gasteiger partial charge on any atom is 0.242 e. The van der Waals surface area contributed by atoms with Crippen molar-refractivity contribution in [2.45, 2.75) is 4.90 Å². The lowest BCUT2D eigenvalue weighted by molar-refractivity contribution is 0.200. The van der Waals surface area contributed by atoms with Gasteiger partial charge in [-0.15, -0.1) is 0 Å². The first kappa shape index (κ1) is 12.3. The van der Waals surface area contributed by atoms with E-state index in [1.54, 1.807) is 18.2 Å². The minimum atomic E-state index is -3.43. The van der Waals surface area contributed by atoms with Crippen LogP contribution in [0.2, 0.25) is 0 Å². The maximum absolute atomic E-state index is 11.8. The van der Waals surface area contributed by atoms with Crippen LogP contribution in [-0.4, -0.2) is 40.3 Å². The van der Waals surface area contributed by atoms with Gasteiger partial charge >= 0.3 is 0 Å². The van der Waals surface area contributed by atoms with Crippen molar-refractivity contribution >= 4 is 15.7 Å². The molecule has 0 unspecified atom stereocenters. The van der Waals surface area contributed by atoms with Crippen molar-refractivity contribution in [3.05, 3.63) is 24.3 Å². The molecule has 5 nitrogen and oxygen atoms in total. The van der Waals surface area contributed by atoms with Crippen molar-refractivity contribution in [3.63, 3.8) is 0 Å². The number of aliphatic hydroxyl groups excluding tert-OH is 1. The Kier molecular flexibility index (Phi) is 3.37. The SMILES string of the molecule is CNS(=O)(=O)c1ccccc1N1CC(CO)C1. The second-order valence-corrected chi connectivity index (χ2v) is 5.98. The Hall–Kier alpha value is -1.11. The second-order valence-electron chi connectivity index (χ2n) is 4.13. The van der Waals surface area contributed by atoms with Crippen LogP contribution in [0, 0.1) is 5.92 Å². The Morgan fingerprint density at radius 2 is 2.06 bits per heavy atom. The molecule has 0 atom stereocenters. The zero-order chi connectivity index (χ0) is 12.5. The average Bonchev–Trinajstić information content (AvgIpc) is 2.28. The molecule has 0 aliphatic carbocycles. The summed E-state index contributed by atoms with van der Waals surface area (Å²) in [7, 11) is -2.03. The van der Waals surface area contributed by atoms with Crippen LogP contribution in [0.15, 0.2) is 29.2 Å². The van der Waals surface area contributed by atoms with Crippen molar-refractivity contribution in [2.75, 3.05) is 31.6 Å². The molecule has 0 saturated carbocycles. The number of hydrogen-bond acceptors (Lipinski definition) is 4. The van der Waals surface area contributed by atoms with Crippen LogP contribution in [0.3, 0.4) is 0 Å². The molecule has 1 heterocycles. The molecule has 94 valence electrons. The minimum absolute atomic E-state index is 0.150. The van der Waals surface area contributed by atoms with Crippen LogP contribution in [0.1, 0.15) is 0 Å². The van der Waals surface area contributed by atoms with E-state index in [0.29, 0.717) is 23.7 Å². The molecule has 0 spiro atoms. The predicted molar refractivity (Wildman–Crippen MR) is 65.5 cm³/mol. The van der Waals surface area contributed by atoms with E-state index in [2.05, 4.69) is 4.72 Å². The summed E-state index contributed by atoms with van der Waals surface area (Å²) in [6.45, 7) is 1.55. The molecular formula is C11H16N2O3S. The number of para-hydroxylation sites is 1. The Morgan fingerprint density at radius 3 is 2.65 bits per heavy atom. The van der Waals surface area contributed by atoms with Crippen molar-refractivity contribution in [1.82, 2.24) is 4.72 Å². The van der Waals surface area contributed by atoms with E-state index >= 15 is 0 Å². The van der Waals surface area contributed by atoms with Crippen LogP contribution in [0.5, 0.6) is 0 Å². The molecule has 1 saturated heterocycles. The van der Waals surface area contributed by atoms with Gasteiger partial charge in [-0.1, -0.05) is 12.1 Å². The zero-order valence-electron chi connectivity index (χ0n) is 9.63. The first-order chi connectivity index (χ1) is 8.08. The molecule has 6 heteroatoms. The first-order valence-electron chi connectivity index (χ1n) is 5.47. The lowest BCUT2D eigenvalue weighted by Gasteiger charge is -2.40. The number of rotatable bonds is 4. The molecule has 0 radical (unpaired) electrons. The summed E-state index contributed by atoms with van der Waals surface area (Å²) >= 11 is 0. The highest BCUT2D eigenvalue weighted by Gasteiger charge is 2.29. The van der Waals surface area contributed by atoms with Gasteiger partial charge in [-0.25, -0.2) is 13.1 Å². The number of hydrogen-bond donors (Lipinski definition) is 2. The zero-order valence-corrected chi connectivity index (χ0v) is 10.4.